The summed E-state index contributed by atoms with van der Waals surface area (Å²) in [5.74, 6) is -0.172. The van der Waals surface area contributed by atoms with Gasteiger partial charge in [-0.3, -0.25) is 4.79 Å². The van der Waals surface area contributed by atoms with Crippen molar-refractivity contribution in [1.29, 1.82) is 5.26 Å². The summed E-state index contributed by atoms with van der Waals surface area (Å²) in [6.45, 7) is 7.04. The average Bonchev–Trinajstić information content (AvgIpc) is 2.30. The van der Waals surface area contributed by atoms with Gasteiger partial charge in [0.15, 0.2) is 0 Å². The zero-order valence-corrected chi connectivity index (χ0v) is 10.7. The van der Waals surface area contributed by atoms with Crippen molar-refractivity contribution in [2.24, 2.45) is 0 Å². The lowest BCUT2D eigenvalue weighted by Gasteiger charge is -2.32. The summed E-state index contributed by atoms with van der Waals surface area (Å²) in [7, 11) is 2.03. The van der Waals surface area contributed by atoms with Crippen LogP contribution in [-0.4, -0.2) is 55.0 Å². The molecule has 0 aromatic rings. The zero-order chi connectivity index (χ0) is 12.8. The molecule has 0 radical (unpaired) electrons. The Hall–Kier alpha value is -1.54. The van der Waals surface area contributed by atoms with E-state index in [0.29, 0.717) is 13.1 Å². The van der Waals surface area contributed by atoms with Crippen molar-refractivity contribution >= 4 is 5.91 Å². The Morgan fingerprint density at radius 2 is 1.94 bits per heavy atom. The molecular formula is C12H20N4O. The second-order valence-corrected chi connectivity index (χ2v) is 4.59. The molecule has 1 amide bonds. The van der Waals surface area contributed by atoms with Gasteiger partial charge in [0.25, 0.3) is 5.91 Å². The van der Waals surface area contributed by atoms with Crippen LogP contribution in [0.3, 0.4) is 0 Å². The molecule has 1 rings (SSSR count). The lowest BCUT2D eigenvalue weighted by atomic mass is 10.2. The maximum atomic E-state index is 12.0. The first-order chi connectivity index (χ1) is 8.04. The topological polar surface area (TPSA) is 59.4 Å². The fourth-order valence-electron chi connectivity index (χ4n) is 1.57. The molecule has 1 saturated heterocycles. The highest BCUT2D eigenvalue weighted by molar-refractivity contribution is 5.97. The van der Waals surface area contributed by atoms with Gasteiger partial charge in [0, 0.05) is 38.4 Å². The minimum absolute atomic E-state index is 0.172. The van der Waals surface area contributed by atoms with E-state index in [1.165, 1.54) is 6.20 Å². The average molecular weight is 236 g/mol. The third-order valence-electron chi connectivity index (χ3n) is 2.70. The molecule has 0 saturated carbocycles. The van der Waals surface area contributed by atoms with Crippen molar-refractivity contribution in [3.8, 4) is 6.07 Å². The summed E-state index contributed by atoms with van der Waals surface area (Å²) in [5, 5.41) is 12.0. The Kier molecular flexibility index (Phi) is 4.98. The van der Waals surface area contributed by atoms with Crippen LogP contribution >= 0.6 is 0 Å². The number of hydrogen-bond donors (Lipinski definition) is 1. The molecule has 17 heavy (non-hydrogen) atoms. The molecule has 0 aliphatic carbocycles. The van der Waals surface area contributed by atoms with Gasteiger partial charge in [0.05, 0.1) is 0 Å². The molecule has 1 fully saturated rings. The second kappa shape index (κ2) is 6.26. The predicted octanol–water partition coefficient (Wildman–Crippen LogP) is 0.166. The van der Waals surface area contributed by atoms with E-state index in [2.05, 4.69) is 10.2 Å². The Bertz CT molecular complexity index is 335. The summed E-state index contributed by atoms with van der Waals surface area (Å²) in [5.41, 5.74) is 0.184. The normalized spacial score (nSPS) is 18.1. The molecule has 1 N–H and O–H groups in total. The predicted molar refractivity (Wildman–Crippen MR) is 66.0 cm³/mol. The molecule has 1 aliphatic rings. The van der Waals surface area contributed by atoms with Gasteiger partial charge in [0.1, 0.15) is 11.6 Å². The molecule has 1 heterocycles. The van der Waals surface area contributed by atoms with Gasteiger partial charge in [0.2, 0.25) is 0 Å². The van der Waals surface area contributed by atoms with Crippen LogP contribution in [0.25, 0.3) is 0 Å². The van der Waals surface area contributed by atoms with Gasteiger partial charge in [-0.15, -0.1) is 0 Å². The maximum absolute atomic E-state index is 12.0. The van der Waals surface area contributed by atoms with Gasteiger partial charge in [-0.1, -0.05) is 0 Å². The summed E-state index contributed by atoms with van der Waals surface area (Å²) in [6, 6.07) is 2.18. The molecular weight excluding hydrogens is 216 g/mol. The van der Waals surface area contributed by atoms with Crippen LogP contribution in [-0.2, 0) is 4.79 Å². The van der Waals surface area contributed by atoms with E-state index < -0.39 is 0 Å². The fourth-order valence-corrected chi connectivity index (χ4v) is 1.57. The first-order valence-corrected chi connectivity index (χ1v) is 5.88. The Labute approximate surface area is 103 Å². The number of nitrogens with zero attached hydrogens (tertiary/aromatic N) is 3. The van der Waals surface area contributed by atoms with Crippen molar-refractivity contribution in [2.45, 2.75) is 19.9 Å². The first-order valence-electron chi connectivity index (χ1n) is 5.88. The number of piperazine rings is 1. The first kappa shape index (κ1) is 13.5. The van der Waals surface area contributed by atoms with Crippen LogP contribution < -0.4 is 5.32 Å². The third-order valence-corrected chi connectivity index (χ3v) is 2.70. The molecule has 0 unspecified atom stereocenters. The molecule has 0 aromatic heterocycles. The number of nitriles is 1. The van der Waals surface area contributed by atoms with E-state index in [1.807, 2.05) is 27.0 Å². The lowest BCUT2D eigenvalue weighted by Crippen LogP contribution is -2.47. The molecule has 1 aliphatic heterocycles. The van der Waals surface area contributed by atoms with Crippen LogP contribution in [0.5, 0.6) is 0 Å². The van der Waals surface area contributed by atoms with Crippen molar-refractivity contribution < 1.29 is 4.79 Å². The van der Waals surface area contributed by atoms with E-state index in [1.54, 1.807) is 4.90 Å². The Balaban J connectivity index is 2.61. The molecule has 0 atom stereocenters. The minimum atomic E-state index is -0.172. The maximum Gasteiger partial charge on any atom is 0.266 e. The highest BCUT2D eigenvalue weighted by Crippen LogP contribution is 2.05. The molecule has 0 aromatic carbocycles. The summed E-state index contributed by atoms with van der Waals surface area (Å²) in [6.07, 6.45) is 1.52. The standard InChI is InChI=1S/C12H20N4O/c1-10(2)14-9-11(8-13)12(17)16-6-4-15(3)5-7-16/h9-10,14H,4-7H2,1-3H3/b11-9-. The van der Waals surface area contributed by atoms with Gasteiger partial charge >= 0.3 is 0 Å². The van der Waals surface area contributed by atoms with Crippen LogP contribution in [0.4, 0.5) is 0 Å². The van der Waals surface area contributed by atoms with Crippen LogP contribution in [0.15, 0.2) is 11.8 Å². The van der Waals surface area contributed by atoms with Crippen molar-refractivity contribution in [3.05, 3.63) is 11.8 Å². The van der Waals surface area contributed by atoms with Gasteiger partial charge in [-0.05, 0) is 20.9 Å². The van der Waals surface area contributed by atoms with Gasteiger partial charge < -0.3 is 15.1 Å². The number of rotatable bonds is 3. The molecule has 0 spiro atoms. The number of carbonyl (C=O) groups is 1. The largest absolute Gasteiger partial charge is 0.387 e. The molecule has 5 heteroatoms. The summed E-state index contributed by atoms with van der Waals surface area (Å²) >= 11 is 0. The lowest BCUT2D eigenvalue weighted by molar-refractivity contribution is -0.128. The van der Waals surface area contributed by atoms with Gasteiger partial charge in [-0.25, -0.2) is 0 Å². The quantitative estimate of drug-likeness (QED) is 0.560. The van der Waals surface area contributed by atoms with E-state index in [4.69, 9.17) is 5.26 Å². The second-order valence-electron chi connectivity index (χ2n) is 4.59. The van der Waals surface area contributed by atoms with Crippen LogP contribution in [0.2, 0.25) is 0 Å². The highest BCUT2D eigenvalue weighted by atomic mass is 16.2. The molecule has 94 valence electrons. The number of carbonyl (C=O) groups excluding carboxylic acids is 1. The SMILES string of the molecule is CC(C)N/C=C(/C#N)C(=O)N1CCN(C)CC1. The smallest absolute Gasteiger partial charge is 0.266 e. The number of likely N-dealkylation sites (N-methyl/N-ethyl adjacent to an activating group) is 1. The number of nitrogens with one attached hydrogen (secondary N) is 1. The summed E-state index contributed by atoms with van der Waals surface area (Å²) in [4.78, 5) is 15.9. The van der Waals surface area contributed by atoms with E-state index in [0.717, 1.165) is 13.1 Å². The van der Waals surface area contributed by atoms with Crippen molar-refractivity contribution in [1.82, 2.24) is 15.1 Å². The summed E-state index contributed by atoms with van der Waals surface area (Å²) < 4.78 is 0. The number of amides is 1. The minimum Gasteiger partial charge on any atom is -0.387 e. The van der Waals surface area contributed by atoms with Crippen LogP contribution in [0.1, 0.15) is 13.8 Å². The highest BCUT2D eigenvalue weighted by Gasteiger charge is 2.21. The fraction of sp³-hybridized carbons (Fsp3) is 0.667. The van der Waals surface area contributed by atoms with E-state index in [-0.39, 0.29) is 17.5 Å². The van der Waals surface area contributed by atoms with Crippen LogP contribution in [0, 0.1) is 11.3 Å². The van der Waals surface area contributed by atoms with E-state index >= 15 is 0 Å². The number of hydrogen-bond acceptors (Lipinski definition) is 4. The monoisotopic (exact) mass is 236 g/mol. The Morgan fingerprint density at radius 1 is 1.35 bits per heavy atom. The van der Waals surface area contributed by atoms with E-state index in [9.17, 15) is 4.79 Å². The zero-order valence-electron chi connectivity index (χ0n) is 10.7. The molecule has 5 nitrogen and oxygen atoms in total. The van der Waals surface area contributed by atoms with Crippen molar-refractivity contribution in [2.75, 3.05) is 33.2 Å². The van der Waals surface area contributed by atoms with Crippen molar-refractivity contribution in [3.63, 3.8) is 0 Å². The molecule has 0 bridgehead atoms. The van der Waals surface area contributed by atoms with Gasteiger partial charge in [-0.2, -0.15) is 5.26 Å². The third kappa shape index (κ3) is 4.08. The Morgan fingerprint density at radius 3 is 2.41 bits per heavy atom.